The minimum atomic E-state index is -0.350. The molecule has 0 aliphatic carbocycles. The molecule has 0 saturated carbocycles. The minimum Gasteiger partial charge on any atom is -0.488 e. The Morgan fingerprint density at radius 2 is 2.30 bits per heavy atom. The van der Waals surface area contributed by atoms with Crippen LogP contribution in [-0.2, 0) is 16.1 Å². The zero-order chi connectivity index (χ0) is 19.1. The van der Waals surface area contributed by atoms with Crippen molar-refractivity contribution in [2.45, 2.75) is 25.1 Å². The number of nitrogens with one attached hydrogen (secondary N) is 1. The van der Waals surface area contributed by atoms with Crippen LogP contribution in [0.5, 0.6) is 5.75 Å². The molecule has 0 unspecified atom stereocenters. The van der Waals surface area contributed by atoms with Crippen LogP contribution >= 0.6 is 0 Å². The van der Waals surface area contributed by atoms with Crippen molar-refractivity contribution in [3.05, 3.63) is 60.2 Å². The fraction of sp³-hybridized carbons (Fsp3) is 0.400. The first kappa shape index (κ1) is 19.3. The lowest BCUT2D eigenvalue weighted by Gasteiger charge is -2.32. The zero-order valence-corrected chi connectivity index (χ0v) is 15.3. The van der Waals surface area contributed by atoms with Crippen molar-refractivity contribution in [3.63, 3.8) is 0 Å². The Morgan fingerprint density at radius 1 is 1.41 bits per heavy atom. The molecule has 3 rings (SSSR count). The summed E-state index contributed by atoms with van der Waals surface area (Å²) >= 11 is 0. The Bertz CT molecular complexity index is 744. The third kappa shape index (κ3) is 6.01. The van der Waals surface area contributed by atoms with E-state index in [-0.39, 0.29) is 30.4 Å². The topological polar surface area (TPSA) is 63.7 Å². The molecule has 1 fully saturated rings. The van der Waals surface area contributed by atoms with Gasteiger partial charge in [-0.3, -0.25) is 14.7 Å². The molecule has 6 nitrogen and oxygen atoms in total. The van der Waals surface area contributed by atoms with Crippen LogP contribution < -0.4 is 10.1 Å². The van der Waals surface area contributed by atoms with E-state index in [2.05, 4.69) is 10.3 Å². The first-order valence-corrected chi connectivity index (χ1v) is 8.97. The molecule has 27 heavy (non-hydrogen) atoms. The summed E-state index contributed by atoms with van der Waals surface area (Å²) in [6, 6.07) is 9.59. The summed E-state index contributed by atoms with van der Waals surface area (Å²) in [5, 5.41) is 2.98. The van der Waals surface area contributed by atoms with E-state index in [0.29, 0.717) is 31.9 Å². The molecule has 1 aromatic carbocycles. The molecule has 1 aromatic heterocycles. The fourth-order valence-corrected chi connectivity index (χ4v) is 3.07. The number of hydrogen-bond donors (Lipinski definition) is 1. The highest BCUT2D eigenvalue weighted by atomic mass is 19.1. The Hall–Kier alpha value is -2.51. The molecule has 0 radical (unpaired) electrons. The summed E-state index contributed by atoms with van der Waals surface area (Å²) in [6.45, 7) is 1.80. The van der Waals surface area contributed by atoms with Gasteiger partial charge in [0.2, 0.25) is 5.91 Å². The Balaban J connectivity index is 1.53. The molecule has 0 spiro atoms. The van der Waals surface area contributed by atoms with Gasteiger partial charge in [-0.2, -0.15) is 0 Å². The van der Waals surface area contributed by atoms with E-state index in [9.17, 15) is 9.18 Å². The van der Waals surface area contributed by atoms with Crippen molar-refractivity contribution in [1.29, 1.82) is 0 Å². The average Bonchev–Trinajstić information content (AvgIpc) is 2.64. The number of hydrogen-bond acceptors (Lipinski definition) is 5. The van der Waals surface area contributed by atoms with Crippen molar-refractivity contribution in [3.8, 4) is 5.75 Å². The molecular weight excluding hydrogens is 349 g/mol. The molecule has 1 aliphatic rings. The molecule has 7 heteroatoms. The number of pyridine rings is 1. The fourth-order valence-electron chi connectivity index (χ4n) is 3.07. The third-order valence-corrected chi connectivity index (χ3v) is 4.31. The van der Waals surface area contributed by atoms with Crippen LogP contribution in [0.15, 0.2) is 48.8 Å². The van der Waals surface area contributed by atoms with Crippen molar-refractivity contribution < 1.29 is 18.7 Å². The molecule has 2 aromatic rings. The van der Waals surface area contributed by atoms with E-state index in [0.717, 1.165) is 5.56 Å². The highest BCUT2D eigenvalue weighted by Crippen LogP contribution is 2.19. The lowest BCUT2D eigenvalue weighted by atomic mass is 10.1. The summed E-state index contributed by atoms with van der Waals surface area (Å²) < 4.78 is 24.7. The predicted molar refractivity (Wildman–Crippen MR) is 98.8 cm³/mol. The summed E-state index contributed by atoms with van der Waals surface area (Å²) in [4.78, 5) is 18.4. The van der Waals surface area contributed by atoms with Crippen LogP contribution in [0.1, 0.15) is 12.0 Å². The Kier molecular flexibility index (Phi) is 6.73. The first-order chi connectivity index (χ1) is 13.1. The summed E-state index contributed by atoms with van der Waals surface area (Å²) in [6.07, 6.45) is 3.88. The molecule has 2 atom stereocenters. The second-order valence-electron chi connectivity index (χ2n) is 6.68. The minimum absolute atomic E-state index is 0.107. The van der Waals surface area contributed by atoms with Gasteiger partial charge in [0.1, 0.15) is 17.7 Å². The van der Waals surface area contributed by atoms with Crippen molar-refractivity contribution in [1.82, 2.24) is 15.2 Å². The summed E-state index contributed by atoms with van der Waals surface area (Å²) in [5.74, 6) is -0.00301. The van der Waals surface area contributed by atoms with E-state index in [1.165, 1.54) is 12.1 Å². The van der Waals surface area contributed by atoms with Gasteiger partial charge in [-0.1, -0.05) is 12.1 Å². The second-order valence-corrected chi connectivity index (χ2v) is 6.68. The van der Waals surface area contributed by atoms with Gasteiger partial charge in [0.25, 0.3) is 0 Å². The Morgan fingerprint density at radius 3 is 3.07 bits per heavy atom. The van der Waals surface area contributed by atoms with Gasteiger partial charge in [0.15, 0.2) is 0 Å². The normalized spacial score (nSPS) is 19.7. The largest absolute Gasteiger partial charge is 0.488 e. The van der Waals surface area contributed by atoms with Gasteiger partial charge in [-0.05, 0) is 30.8 Å². The summed E-state index contributed by atoms with van der Waals surface area (Å²) in [5.41, 5.74) is 1.04. The van der Waals surface area contributed by atoms with Crippen LogP contribution in [0.2, 0.25) is 0 Å². The third-order valence-electron chi connectivity index (χ3n) is 4.31. The first-order valence-electron chi connectivity index (χ1n) is 8.97. The van der Waals surface area contributed by atoms with Crippen LogP contribution in [-0.4, -0.2) is 54.7 Å². The van der Waals surface area contributed by atoms with Crippen molar-refractivity contribution in [2.75, 3.05) is 26.8 Å². The van der Waals surface area contributed by atoms with Crippen LogP contribution in [0.4, 0.5) is 4.39 Å². The van der Waals surface area contributed by atoms with Gasteiger partial charge in [-0.15, -0.1) is 0 Å². The number of amides is 1. The molecule has 1 saturated heterocycles. The van der Waals surface area contributed by atoms with E-state index in [1.807, 2.05) is 24.1 Å². The predicted octanol–water partition coefficient (Wildman–Crippen LogP) is 2.01. The maximum atomic E-state index is 13.4. The van der Waals surface area contributed by atoms with E-state index < -0.39 is 0 Å². The average molecular weight is 373 g/mol. The van der Waals surface area contributed by atoms with E-state index >= 15 is 0 Å². The van der Waals surface area contributed by atoms with E-state index in [4.69, 9.17) is 9.47 Å². The van der Waals surface area contributed by atoms with Crippen LogP contribution in [0.25, 0.3) is 0 Å². The van der Waals surface area contributed by atoms with Gasteiger partial charge in [0.05, 0.1) is 25.8 Å². The van der Waals surface area contributed by atoms with Gasteiger partial charge < -0.3 is 14.8 Å². The number of benzene rings is 1. The molecule has 1 amide bonds. The highest BCUT2D eigenvalue weighted by molar-refractivity contribution is 5.78. The lowest BCUT2D eigenvalue weighted by Crippen LogP contribution is -2.53. The van der Waals surface area contributed by atoms with Gasteiger partial charge in [0, 0.05) is 31.4 Å². The maximum absolute atomic E-state index is 13.4. The van der Waals surface area contributed by atoms with Crippen molar-refractivity contribution in [2.24, 2.45) is 0 Å². The van der Waals surface area contributed by atoms with E-state index in [1.54, 1.807) is 24.5 Å². The highest BCUT2D eigenvalue weighted by Gasteiger charge is 2.29. The number of aromatic nitrogens is 1. The number of rotatable bonds is 7. The molecule has 1 aliphatic heterocycles. The standard InChI is InChI=1S/C20H24FN3O3/c1-24(12-15-4-3-8-22-11-15)13-20(25)23-18-14-26-9-7-19(18)27-17-6-2-5-16(21)10-17/h2-6,8,10-11,18-19H,7,9,12-14H2,1H3,(H,23,25)/t18-,19+/m1/s1. The lowest BCUT2D eigenvalue weighted by molar-refractivity contribution is -0.125. The number of carbonyl (C=O) groups is 1. The molecule has 1 N–H and O–H groups in total. The van der Waals surface area contributed by atoms with Crippen LogP contribution in [0.3, 0.4) is 0 Å². The Labute approximate surface area is 158 Å². The number of likely N-dealkylation sites (N-methyl/N-ethyl adjacent to an activating group) is 1. The van der Waals surface area contributed by atoms with Gasteiger partial charge >= 0.3 is 0 Å². The second kappa shape index (κ2) is 9.43. The van der Waals surface area contributed by atoms with Crippen LogP contribution in [0, 0.1) is 5.82 Å². The zero-order valence-electron chi connectivity index (χ0n) is 15.3. The summed E-state index contributed by atoms with van der Waals surface area (Å²) in [7, 11) is 1.88. The maximum Gasteiger partial charge on any atom is 0.234 e. The molecular formula is C20H24FN3O3. The molecule has 2 heterocycles. The number of halogens is 1. The smallest absolute Gasteiger partial charge is 0.234 e. The van der Waals surface area contributed by atoms with Crippen molar-refractivity contribution >= 4 is 5.91 Å². The molecule has 0 bridgehead atoms. The number of ether oxygens (including phenoxy) is 2. The van der Waals surface area contributed by atoms with Gasteiger partial charge in [-0.25, -0.2) is 4.39 Å². The monoisotopic (exact) mass is 373 g/mol. The quantitative estimate of drug-likeness (QED) is 0.804. The number of carbonyl (C=O) groups excluding carboxylic acids is 1. The number of nitrogens with zero attached hydrogens (tertiary/aromatic N) is 2. The SMILES string of the molecule is CN(CC(=O)N[C@@H]1COCC[C@@H]1Oc1cccc(F)c1)Cc1cccnc1. The molecule has 144 valence electrons.